The van der Waals surface area contributed by atoms with E-state index in [0.29, 0.717) is 11.4 Å². The van der Waals surface area contributed by atoms with Gasteiger partial charge in [-0.05, 0) is 30.3 Å². The fourth-order valence-corrected chi connectivity index (χ4v) is 1.69. The van der Waals surface area contributed by atoms with Crippen molar-refractivity contribution in [2.24, 2.45) is 0 Å². The van der Waals surface area contributed by atoms with Crippen molar-refractivity contribution in [1.29, 1.82) is 0 Å². The Labute approximate surface area is 119 Å². The van der Waals surface area contributed by atoms with Crippen molar-refractivity contribution in [3.8, 4) is 0 Å². The fourth-order valence-electron chi connectivity index (χ4n) is 1.69. The molecular formula is C14H12FN3O3. The molecule has 0 fully saturated rings. The van der Waals surface area contributed by atoms with E-state index in [0.717, 1.165) is 12.1 Å². The summed E-state index contributed by atoms with van der Waals surface area (Å²) in [4.78, 5) is 22.8. The molecule has 0 saturated carbocycles. The van der Waals surface area contributed by atoms with Crippen LogP contribution < -0.4 is 16.4 Å². The summed E-state index contributed by atoms with van der Waals surface area (Å²) in [5, 5.41) is 13.8. The smallest absolute Gasteiger partial charge is 0.337 e. The molecule has 6 nitrogen and oxygen atoms in total. The van der Waals surface area contributed by atoms with Gasteiger partial charge in [-0.25, -0.2) is 14.0 Å². The normalized spacial score (nSPS) is 9.95. The molecule has 0 aliphatic rings. The first kappa shape index (κ1) is 14.3. The van der Waals surface area contributed by atoms with E-state index in [1.807, 2.05) is 0 Å². The minimum atomic E-state index is -1.34. The molecule has 0 spiro atoms. The van der Waals surface area contributed by atoms with Gasteiger partial charge in [0.25, 0.3) is 0 Å². The van der Waals surface area contributed by atoms with Crippen molar-refractivity contribution in [2.75, 3.05) is 16.4 Å². The summed E-state index contributed by atoms with van der Waals surface area (Å²) in [6.07, 6.45) is 0. The van der Waals surface area contributed by atoms with Crippen LogP contribution >= 0.6 is 0 Å². The highest BCUT2D eigenvalue weighted by Gasteiger charge is 2.14. The highest BCUT2D eigenvalue weighted by atomic mass is 19.1. The zero-order valence-electron chi connectivity index (χ0n) is 10.8. The number of nitrogen functional groups attached to an aromatic ring is 1. The zero-order chi connectivity index (χ0) is 15.4. The second-order valence-corrected chi connectivity index (χ2v) is 4.16. The van der Waals surface area contributed by atoms with Crippen LogP contribution in [0.15, 0.2) is 42.5 Å². The van der Waals surface area contributed by atoms with Crippen LogP contribution in [-0.4, -0.2) is 17.1 Å². The van der Waals surface area contributed by atoms with Gasteiger partial charge in [0.05, 0.1) is 22.6 Å². The number of carbonyl (C=O) groups excluding carboxylic acids is 1. The predicted molar refractivity (Wildman–Crippen MR) is 76.9 cm³/mol. The Balaban J connectivity index is 2.17. The molecule has 2 aromatic carbocycles. The second-order valence-electron chi connectivity index (χ2n) is 4.16. The molecule has 0 aromatic heterocycles. The SMILES string of the molecule is Nc1ccccc1NC(=O)Nc1ccc(F)cc1C(=O)O. The molecule has 7 heteroatoms. The molecule has 0 heterocycles. The van der Waals surface area contributed by atoms with E-state index in [9.17, 15) is 14.0 Å². The summed E-state index contributed by atoms with van der Waals surface area (Å²) in [6.45, 7) is 0. The molecule has 0 saturated heterocycles. The molecule has 2 amide bonds. The highest BCUT2D eigenvalue weighted by molar-refractivity contribution is 6.05. The van der Waals surface area contributed by atoms with Gasteiger partial charge in [0.15, 0.2) is 0 Å². The summed E-state index contributed by atoms with van der Waals surface area (Å²) in [5.41, 5.74) is 6.06. The van der Waals surface area contributed by atoms with Crippen molar-refractivity contribution in [3.05, 3.63) is 53.8 Å². The van der Waals surface area contributed by atoms with Crippen molar-refractivity contribution >= 4 is 29.1 Å². The summed E-state index contributed by atoms with van der Waals surface area (Å²) in [5.74, 6) is -2.05. The van der Waals surface area contributed by atoms with E-state index in [1.165, 1.54) is 6.07 Å². The minimum absolute atomic E-state index is 0.0177. The lowest BCUT2D eigenvalue weighted by atomic mass is 10.1. The Kier molecular flexibility index (Phi) is 4.03. The van der Waals surface area contributed by atoms with Gasteiger partial charge in [-0.15, -0.1) is 0 Å². The summed E-state index contributed by atoms with van der Waals surface area (Å²) >= 11 is 0. The van der Waals surface area contributed by atoms with Crippen molar-refractivity contribution < 1.29 is 19.1 Å². The number of anilines is 3. The number of hydrogen-bond acceptors (Lipinski definition) is 3. The first-order valence-corrected chi connectivity index (χ1v) is 5.92. The standard InChI is InChI=1S/C14H12FN3O3/c15-8-5-6-11(9(7-8)13(19)20)17-14(21)18-12-4-2-1-3-10(12)16/h1-7H,16H2,(H,19,20)(H2,17,18,21). The number of carboxylic acids is 1. The number of urea groups is 1. The number of hydrogen-bond donors (Lipinski definition) is 4. The molecule has 21 heavy (non-hydrogen) atoms. The largest absolute Gasteiger partial charge is 0.478 e. The maximum Gasteiger partial charge on any atom is 0.337 e. The van der Waals surface area contributed by atoms with Crippen molar-refractivity contribution in [2.45, 2.75) is 0 Å². The van der Waals surface area contributed by atoms with Gasteiger partial charge in [0.1, 0.15) is 5.82 Å². The van der Waals surface area contributed by atoms with Crippen molar-refractivity contribution in [1.82, 2.24) is 0 Å². The molecule has 0 bridgehead atoms. The van der Waals surface area contributed by atoms with Gasteiger partial charge in [0, 0.05) is 0 Å². The number of para-hydroxylation sites is 2. The average Bonchev–Trinajstić information content (AvgIpc) is 2.43. The van der Waals surface area contributed by atoms with Crippen LogP contribution in [-0.2, 0) is 0 Å². The molecular weight excluding hydrogens is 277 g/mol. The van der Waals surface area contributed by atoms with Crippen LogP contribution in [0, 0.1) is 5.82 Å². The molecule has 2 aromatic rings. The van der Waals surface area contributed by atoms with Crippen LogP contribution in [0.1, 0.15) is 10.4 Å². The Bertz CT molecular complexity index is 704. The lowest BCUT2D eigenvalue weighted by Gasteiger charge is -2.11. The zero-order valence-corrected chi connectivity index (χ0v) is 10.8. The van der Waals surface area contributed by atoms with Gasteiger partial charge in [-0.3, -0.25) is 0 Å². The van der Waals surface area contributed by atoms with E-state index in [-0.39, 0.29) is 11.3 Å². The lowest BCUT2D eigenvalue weighted by molar-refractivity contribution is 0.0697. The number of nitrogens with one attached hydrogen (secondary N) is 2. The topological polar surface area (TPSA) is 104 Å². The van der Waals surface area contributed by atoms with E-state index in [2.05, 4.69) is 10.6 Å². The predicted octanol–water partition coefficient (Wildman–Crippen LogP) is 2.75. The summed E-state index contributed by atoms with van der Waals surface area (Å²) in [7, 11) is 0. The van der Waals surface area contributed by atoms with Crippen LogP contribution in [0.5, 0.6) is 0 Å². The van der Waals surface area contributed by atoms with Gasteiger partial charge < -0.3 is 21.5 Å². The van der Waals surface area contributed by atoms with E-state index in [4.69, 9.17) is 10.8 Å². The molecule has 0 atom stereocenters. The second kappa shape index (κ2) is 5.91. The highest BCUT2D eigenvalue weighted by Crippen LogP contribution is 2.19. The first-order chi connectivity index (χ1) is 9.97. The van der Waals surface area contributed by atoms with Crippen molar-refractivity contribution in [3.63, 3.8) is 0 Å². The number of amides is 2. The summed E-state index contributed by atoms with van der Waals surface area (Å²) < 4.78 is 13.0. The Morgan fingerprint density at radius 2 is 1.71 bits per heavy atom. The Morgan fingerprint density at radius 3 is 2.38 bits per heavy atom. The third kappa shape index (κ3) is 3.47. The van der Waals surface area contributed by atoms with Crippen LogP contribution in [0.3, 0.4) is 0 Å². The van der Waals surface area contributed by atoms with Crippen LogP contribution in [0.4, 0.5) is 26.2 Å². The molecule has 5 N–H and O–H groups in total. The van der Waals surface area contributed by atoms with E-state index < -0.39 is 17.8 Å². The van der Waals surface area contributed by atoms with Gasteiger partial charge in [-0.1, -0.05) is 12.1 Å². The molecule has 2 rings (SSSR count). The first-order valence-electron chi connectivity index (χ1n) is 5.92. The van der Waals surface area contributed by atoms with Gasteiger partial charge in [-0.2, -0.15) is 0 Å². The van der Waals surface area contributed by atoms with Gasteiger partial charge >= 0.3 is 12.0 Å². The maximum atomic E-state index is 13.0. The quantitative estimate of drug-likeness (QED) is 0.652. The van der Waals surface area contributed by atoms with Gasteiger partial charge in [0.2, 0.25) is 0 Å². The molecule has 108 valence electrons. The molecule has 0 unspecified atom stereocenters. The number of halogens is 1. The Morgan fingerprint density at radius 1 is 1.05 bits per heavy atom. The maximum absolute atomic E-state index is 13.0. The number of nitrogens with two attached hydrogens (primary N) is 1. The number of benzene rings is 2. The fraction of sp³-hybridized carbons (Fsp3) is 0. The average molecular weight is 289 g/mol. The number of carbonyl (C=O) groups is 2. The van der Waals surface area contributed by atoms with E-state index in [1.54, 1.807) is 24.3 Å². The monoisotopic (exact) mass is 289 g/mol. The number of rotatable bonds is 3. The van der Waals surface area contributed by atoms with Crippen LogP contribution in [0.2, 0.25) is 0 Å². The molecule has 0 aliphatic carbocycles. The van der Waals surface area contributed by atoms with Crippen LogP contribution in [0.25, 0.3) is 0 Å². The molecule has 0 radical (unpaired) electrons. The lowest BCUT2D eigenvalue weighted by Crippen LogP contribution is -2.21. The number of carboxylic acid groups (broad SMARTS) is 1. The third-order valence-electron chi connectivity index (χ3n) is 2.67. The minimum Gasteiger partial charge on any atom is -0.478 e. The molecule has 0 aliphatic heterocycles. The number of aromatic carboxylic acids is 1. The summed E-state index contributed by atoms with van der Waals surface area (Å²) in [6, 6.07) is 8.98. The third-order valence-corrected chi connectivity index (χ3v) is 2.67. The Hall–Kier alpha value is -3.09. The van der Waals surface area contributed by atoms with E-state index >= 15 is 0 Å².